The van der Waals surface area contributed by atoms with E-state index >= 15 is 0 Å². The number of unbranched alkanes of at least 4 members (excludes halogenated alkanes) is 1. The minimum Gasteiger partial charge on any atom is -0.462 e. The second-order valence-corrected chi connectivity index (χ2v) is 4.21. The van der Waals surface area contributed by atoms with Gasteiger partial charge in [0.15, 0.2) is 0 Å². The van der Waals surface area contributed by atoms with E-state index < -0.39 is 35.0 Å². The van der Waals surface area contributed by atoms with Crippen molar-refractivity contribution in [2.45, 2.75) is 32.1 Å². The van der Waals surface area contributed by atoms with Crippen molar-refractivity contribution in [2.24, 2.45) is 0 Å². The van der Waals surface area contributed by atoms with Gasteiger partial charge in [-0.3, -0.25) is 0 Å². The fourth-order valence-electron chi connectivity index (χ4n) is 1.63. The van der Waals surface area contributed by atoms with E-state index in [1.165, 1.54) is 0 Å². The van der Waals surface area contributed by atoms with Crippen LogP contribution in [0.4, 0.5) is 26.3 Å². The van der Waals surface area contributed by atoms with Crippen LogP contribution in [0.2, 0.25) is 0 Å². The van der Waals surface area contributed by atoms with Crippen molar-refractivity contribution < 1.29 is 35.9 Å². The number of carbonyl (C=O) groups excluding carboxylic acids is 1. The molecule has 0 N–H and O–H groups in total. The van der Waals surface area contributed by atoms with Crippen LogP contribution < -0.4 is 0 Å². The summed E-state index contributed by atoms with van der Waals surface area (Å²) in [4.78, 5) is 11.6. The number of alkyl halides is 6. The van der Waals surface area contributed by atoms with Gasteiger partial charge in [-0.15, -0.1) is 0 Å². The van der Waals surface area contributed by atoms with Gasteiger partial charge in [-0.1, -0.05) is 19.4 Å². The molecule has 21 heavy (non-hydrogen) atoms. The summed E-state index contributed by atoms with van der Waals surface area (Å²) in [6.07, 6.45) is -9.23. The number of benzene rings is 1. The summed E-state index contributed by atoms with van der Waals surface area (Å²) in [6, 6.07) is 1.45. The molecule has 0 unspecified atom stereocenters. The lowest BCUT2D eigenvalue weighted by Gasteiger charge is -2.17. The number of esters is 1. The lowest BCUT2D eigenvalue weighted by Crippen LogP contribution is -2.21. The summed E-state index contributed by atoms with van der Waals surface area (Å²) in [6.45, 7) is 1.50. The predicted molar refractivity (Wildman–Crippen MR) is 61.6 cm³/mol. The van der Waals surface area contributed by atoms with Gasteiger partial charge in [0.25, 0.3) is 0 Å². The normalized spacial score (nSPS) is 12.3. The summed E-state index contributed by atoms with van der Waals surface area (Å²) < 4.78 is 81.2. The van der Waals surface area contributed by atoms with Crippen LogP contribution >= 0.6 is 0 Å². The Morgan fingerprint density at radius 2 is 1.52 bits per heavy atom. The maximum absolute atomic E-state index is 12.8. The molecule has 0 amide bonds. The second kappa shape index (κ2) is 6.36. The summed E-state index contributed by atoms with van der Waals surface area (Å²) >= 11 is 0. The predicted octanol–water partition coefficient (Wildman–Crippen LogP) is 4.68. The van der Waals surface area contributed by atoms with Gasteiger partial charge in [0, 0.05) is 0 Å². The van der Waals surface area contributed by atoms with Crippen molar-refractivity contribution in [3.63, 3.8) is 0 Å². The van der Waals surface area contributed by atoms with Crippen LogP contribution in [-0.4, -0.2) is 12.6 Å². The highest BCUT2D eigenvalue weighted by atomic mass is 19.4. The Bertz CT molecular complexity index is 472. The standard InChI is InChI=1S/C13H12F6O2/c1-2-3-7-21-11(20)10-8(12(14,15)16)5-4-6-9(10)13(17,18)19/h4-6H,2-3,7H2,1H3. The molecule has 0 aliphatic rings. The SMILES string of the molecule is CCCCOC(=O)c1c(C(F)(F)F)cccc1C(F)(F)F. The van der Waals surface area contributed by atoms with Crippen molar-refractivity contribution in [2.75, 3.05) is 6.61 Å². The monoisotopic (exact) mass is 314 g/mol. The van der Waals surface area contributed by atoms with Crippen molar-refractivity contribution in [1.82, 2.24) is 0 Å². The van der Waals surface area contributed by atoms with E-state index in [1.54, 1.807) is 6.92 Å². The maximum atomic E-state index is 12.8. The molecule has 0 atom stereocenters. The smallest absolute Gasteiger partial charge is 0.417 e. The van der Waals surface area contributed by atoms with Gasteiger partial charge < -0.3 is 4.74 Å². The third-order valence-electron chi connectivity index (χ3n) is 2.61. The third kappa shape index (κ3) is 4.37. The molecule has 0 spiro atoms. The van der Waals surface area contributed by atoms with E-state index in [0.717, 1.165) is 0 Å². The van der Waals surface area contributed by atoms with E-state index in [-0.39, 0.29) is 6.61 Å². The first kappa shape index (κ1) is 17.3. The van der Waals surface area contributed by atoms with Crippen molar-refractivity contribution in [3.8, 4) is 0 Å². The number of carbonyl (C=O) groups is 1. The Morgan fingerprint density at radius 1 is 1.05 bits per heavy atom. The molecule has 1 rings (SSSR count). The van der Waals surface area contributed by atoms with E-state index in [2.05, 4.69) is 4.74 Å². The first-order valence-electron chi connectivity index (χ1n) is 6.03. The lowest BCUT2D eigenvalue weighted by molar-refractivity contribution is -0.144. The fourth-order valence-corrected chi connectivity index (χ4v) is 1.63. The van der Waals surface area contributed by atoms with Gasteiger partial charge in [-0.25, -0.2) is 4.79 Å². The molecule has 0 fully saturated rings. The minimum absolute atomic E-state index is 0.237. The molecule has 1 aromatic rings. The molecule has 0 aliphatic heterocycles. The number of rotatable bonds is 4. The molecular formula is C13H12F6O2. The molecule has 0 aromatic heterocycles. The molecule has 0 saturated heterocycles. The highest BCUT2D eigenvalue weighted by molar-refractivity contribution is 5.93. The van der Waals surface area contributed by atoms with Crippen LogP contribution in [0.15, 0.2) is 18.2 Å². The van der Waals surface area contributed by atoms with Crippen molar-refractivity contribution in [3.05, 3.63) is 34.9 Å². The van der Waals surface area contributed by atoms with Gasteiger partial charge >= 0.3 is 18.3 Å². The van der Waals surface area contributed by atoms with E-state index in [4.69, 9.17) is 0 Å². The highest BCUT2D eigenvalue weighted by Crippen LogP contribution is 2.39. The van der Waals surface area contributed by atoms with Crippen LogP contribution in [0.3, 0.4) is 0 Å². The Balaban J connectivity index is 3.33. The molecule has 118 valence electrons. The van der Waals surface area contributed by atoms with Crippen LogP contribution in [0.5, 0.6) is 0 Å². The van der Waals surface area contributed by atoms with Crippen molar-refractivity contribution >= 4 is 5.97 Å². The lowest BCUT2D eigenvalue weighted by atomic mass is 10.00. The highest BCUT2D eigenvalue weighted by Gasteiger charge is 2.43. The number of ether oxygens (including phenoxy) is 1. The molecule has 8 heteroatoms. The summed E-state index contributed by atoms with van der Waals surface area (Å²) in [5, 5.41) is 0. The Hall–Kier alpha value is -1.73. The summed E-state index contributed by atoms with van der Waals surface area (Å²) in [5.74, 6) is -1.62. The quantitative estimate of drug-likeness (QED) is 0.458. The maximum Gasteiger partial charge on any atom is 0.417 e. The fraction of sp³-hybridized carbons (Fsp3) is 0.462. The van der Waals surface area contributed by atoms with E-state index in [0.29, 0.717) is 31.0 Å². The van der Waals surface area contributed by atoms with Crippen LogP contribution in [0.25, 0.3) is 0 Å². The molecule has 0 saturated carbocycles. The number of hydrogen-bond donors (Lipinski definition) is 0. The first-order chi connectivity index (χ1) is 9.59. The summed E-state index contributed by atoms with van der Waals surface area (Å²) in [7, 11) is 0. The van der Waals surface area contributed by atoms with Gasteiger partial charge in [-0.05, 0) is 18.6 Å². The summed E-state index contributed by atoms with van der Waals surface area (Å²) in [5.41, 5.74) is -4.80. The topological polar surface area (TPSA) is 26.3 Å². The second-order valence-electron chi connectivity index (χ2n) is 4.21. The Labute approximate surface area is 116 Å². The van der Waals surface area contributed by atoms with E-state index in [1.807, 2.05) is 0 Å². The Morgan fingerprint density at radius 3 is 1.90 bits per heavy atom. The van der Waals surface area contributed by atoms with Gasteiger partial charge in [0.2, 0.25) is 0 Å². The number of hydrogen-bond acceptors (Lipinski definition) is 2. The van der Waals surface area contributed by atoms with Gasteiger partial charge in [0.05, 0.1) is 23.3 Å². The van der Waals surface area contributed by atoms with Crippen LogP contribution in [-0.2, 0) is 17.1 Å². The molecule has 0 bridgehead atoms. The molecule has 2 nitrogen and oxygen atoms in total. The third-order valence-corrected chi connectivity index (χ3v) is 2.61. The number of halogens is 6. The van der Waals surface area contributed by atoms with Crippen molar-refractivity contribution in [1.29, 1.82) is 0 Å². The Kier molecular flexibility index (Phi) is 5.25. The van der Waals surface area contributed by atoms with Crippen LogP contribution in [0.1, 0.15) is 41.3 Å². The average Bonchev–Trinajstić information content (AvgIpc) is 2.36. The zero-order chi connectivity index (χ0) is 16.3. The van der Waals surface area contributed by atoms with Gasteiger partial charge in [-0.2, -0.15) is 26.3 Å². The zero-order valence-corrected chi connectivity index (χ0v) is 10.9. The molecular weight excluding hydrogens is 302 g/mol. The largest absolute Gasteiger partial charge is 0.462 e. The average molecular weight is 314 g/mol. The first-order valence-corrected chi connectivity index (χ1v) is 6.03. The van der Waals surface area contributed by atoms with Gasteiger partial charge in [0.1, 0.15) is 0 Å². The zero-order valence-electron chi connectivity index (χ0n) is 10.9. The molecule has 0 aliphatic carbocycles. The molecule has 0 heterocycles. The molecule has 1 aromatic carbocycles. The molecule has 0 radical (unpaired) electrons. The van der Waals surface area contributed by atoms with E-state index in [9.17, 15) is 31.1 Å². The minimum atomic E-state index is -5.08. The van der Waals surface area contributed by atoms with Crippen LogP contribution in [0, 0.1) is 0 Å².